The first kappa shape index (κ1) is 13.7. The van der Waals surface area contributed by atoms with Crippen molar-refractivity contribution in [1.82, 2.24) is 9.55 Å². The summed E-state index contributed by atoms with van der Waals surface area (Å²) in [5.74, 6) is 0. The van der Waals surface area contributed by atoms with Crippen molar-refractivity contribution in [1.29, 1.82) is 0 Å². The van der Waals surface area contributed by atoms with Gasteiger partial charge in [-0.25, -0.2) is 4.98 Å². The van der Waals surface area contributed by atoms with Crippen LogP contribution in [0, 0.1) is 10.1 Å². The molecule has 0 N–H and O–H groups in total. The van der Waals surface area contributed by atoms with E-state index in [0.717, 1.165) is 0 Å². The summed E-state index contributed by atoms with van der Waals surface area (Å²) in [5, 5.41) is 11.1. The Kier molecular flexibility index (Phi) is 3.96. The lowest BCUT2D eigenvalue weighted by Gasteiger charge is -2.06. The summed E-state index contributed by atoms with van der Waals surface area (Å²) in [6.07, 6.45) is 1.18. The van der Waals surface area contributed by atoms with Crippen molar-refractivity contribution in [3.8, 4) is 0 Å². The third-order valence-corrected chi connectivity index (χ3v) is 3.12. The highest BCUT2D eigenvalue weighted by atomic mass is 79.9. The minimum absolute atomic E-state index is 0.111. The average Bonchev–Trinajstić information content (AvgIpc) is 2.34. The summed E-state index contributed by atoms with van der Waals surface area (Å²) in [6, 6.07) is 6.16. The number of pyridine rings is 2. The van der Waals surface area contributed by atoms with Crippen LogP contribution in [-0.4, -0.2) is 14.5 Å². The molecule has 0 radical (unpaired) electrons. The second-order valence-electron chi connectivity index (χ2n) is 3.69. The third kappa shape index (κ3) is 3.18. The fourth-order valence-corrected chi connectivity index (χ4v) is 2.16. The van der Waals surface area contributed by atoms with Crippen LogP contribution in [0.2, 0.25) is 5.15 Å². The molecule has 0 aromatic carbocycles. The van der Waals surface area contributed by atoms with Crippen LogP contribution in [0.5, 0.6) is 0 Å². The third-order valence-electron chi connectivity index (χ3n) is 2.34. The highest BCUT2D eigenvalue weighted by Gasteiger charge is 2.12. The lowest BCUT2D eigenvalue weighted by Crippen LogP contribution is -2.21. The monoisotopic (exact) mass is 343 g/mol. The predicted molar refractivity (Wildman–Crippen MR) is 73.4 cm³/mol. The molecule has 0 saturated heterocycles. The van der Waals surface area contributed by atoms with E-state index >= 15 is 0 Å². The second kappa shape index (κ2) is 5.50. The fraction of sp³-hybridized carbons (Fsp3) is 0.0909. The Labute approximate surface area is 120 Å². The van der Waals surface area contributed by atoms with E-state index in [2.05, 4.69) is 20.9 Å². The summed E-state index contributed by atoms with van der Waals surface area (Å²) in [4.78, 5) is 26.1. The quantitative estimate of drug-likeness (QED) is 0.487. The molecule has 0 bridgehead atoms. The van der Waals surface area contributed by atoms with Crippen molar-refractivity contribution < 1.29 is 4.92 Å². The van der Waals surface area contributed by atoms with Gasteiger partial charge in [0, 0.05) is 6.07 Å². The van der Waals surface area contributed by atoms with Crippen LogP contribution in [0.3, 0.4) is 0 Å². The van der Waals surface area contributed by atoms with E-state index in [1.54, 1.807) is 18.2 Å². The first-order valence-electron chi connectivity index (χ1n) is 5.13. The van der Waals surface area contributed by atoms with Crippen LogP contribution < -0.4 is 5.56 Å². The molecule has 0 saturated carbocycles. The molecule has 0 atom stereocenters. The number of hydrogen-bond acceptors (Lipinski definition) is 4. The number of hydrogen-bond donors (Lipinski definition) is 0. The summed E-state index contributed by atoms with van der Waals surface area (Å²) in [5.41, 5.74) is 0.00266. The molecule has 0 fully saturated rings. The molecule has 98 valence electrons. The van der Waals surface area contributed by atoms with Crippen molar-refractivity contribution in [2.75, 3.05) is 0 Å². The smallest absolute Gasteiger partial charge is 0.286 e. The van der Waals surface area contributed by atoms with E-state index < -0.39 is 4.92 Å². The Morgan fingerprint density at radius 1 is 1.47 bits per heavy atom. The first-order valence-corrected chi connectivity index (χ1v) is 6.30. The molecule has 2 rings (SSSR count). The molecule has 8 heteroatoms. The van der Waals surface area contributed by atoms with Crippen molar-refractivity contribution in [3.05, 3.63) is 66.3 Å². The Morgan fingerprint density at radius 3 is 2.84 bits per heavy atom. The molecule has 6 nitrogen and oxygen atoms in total. The molecule has 0 spiro atoms. The van der Waals surface area contributed by atoms with Crippen LogP contribution in [0.1, 0.15) is 5.69 Å². The van der Waals surface area contributed by atoms with E-state index in [1.165, 1.54) is 16.8 Å². The first-order chi connectivity index (χ1) is 8.97. The van der Waals surface area contributed by atoms with E-state index in [0.29, 0.717) is 10.8 Å². The van der Waals surface area contributed by atoms with Gasteiger partial charge in [-0.2, -0.15) is 0 Å². The molecule has 19 heavy (non-hydrogen) atoms. The Hall–Kier alpha value is -1.73. The molecule has 2 aromatic rings. The average molecular weight is 345 g/mol. The van der Waals surface area contributed by atoms with Crippen LogP contribution in [0.15, 0.2) is 39.7 Å². The van der Waals surface area contributed by atoms with Gasteiger partial charge in [0.05, 0.1) is 27.8 Å². The van der Waals surface area contributed by atoms with Gasteiger partial charge in [0.2, 0.25) is 0 Å². The van der Waals surface area contributed by atoms with E-state index in [-0.39, 0.29) is 22.3 Å². The van der Waals surface area contributed by atoms with Crippen LogP contribution >= 0.6 is 27.5 Å². The molecule has 0 aliphatic rings. The topological polar surface area (TPSA) is 78.0 Å². The number of halogens is 2. The highest BCUT2D eigenvalue weighted by molar-refractivity contribution is 9.10. The number of nitro groups is 1. The molecule has 2 aromatic heterocycles. The van der Waals surface area contributed by atoms with Gasteiger partial charge in [0.25, 0.3) is 11.2 Å². The van der Waals surface area contributed by atoms with E-state index in [9.17, 15) is 14.9 Å². The van der Waals surface area contributed by atoms with Gasteiger partial charge in [-0.15, -0.1) is 0 Å². The Morgan fingerprint density at radius 2 is 2.21 bits per heavy atom. The number of nitrogens with zero attached hydrogens (tertiary/aromatic N) is 3. The normalized spacial score (nSPS) is 10.4. The van der Waals surface area contributed by atoms with Gasteiger partial charge in [0.1, 0.15) is 5.15 Å². The summed E-state index contributed by atoms with van der Waals surface area (Å²) >= 11 is 8.76. The molecular formula is C11H7BrClN3O3. The second-order valence-corrected chi connectivity index (χ2v) is 4.93. The van der Waals surface area contributed by atoms with Gasteiger partial charge in [0.15, 0.2) is 0 Å². The standard InChI is InChI=1S/C11H7BrClN3O3/c12-9-4-8(16(18)19)6-15(11(9)17)5-7-2-1-3-10(13)14-7/h1-4,6H,5H2. The van der Waals surface area contributed by atoms with Crippen molar-refractivity contribution >= 4 is 33.2 Å². The number of aromatic nitrogens is 2. The van der Waals surface area contributed by atoms with E-state index in [4.69, 9.17) is 11.6 Å². The minimum Gasteiger partial charge on any atom is -0.302 e. The zero-order chi connectivity index (χ0) is 14.0. The Bertz CT molecular complexity index is 702. The highest BCUT2D eigenvalue weighted by Crippen LogP contribution is 2.15. The lowest BCUT2D eigenvalue weighted by atomic mass is 10.3. The van der Waals surface area contributed by atoms with Gasteiger partial charge in [-0.3, -0.25) is 14.9 Å². The van der Waals surface area contributed by atoms with Gasteiger partial charge in [-0.05, 0) is 28.1 Å². The van der Waals surface area contributed by atoms with Crippen LogP contribution in [0.25, 0.3) is 0 Å². The molecule has 0 aliphatic heterocycles. The summed E-state index contributed by atoms with van der Waals surface area (Å²) < 4.78 is 1.34. The minimum atomic E-state index is -0.563. The van der Waals surface area contributed by atoms with E-state index in [1.807, 2.05) is 0 Å². The van der Waals surface area contributed by atoms with Crippen LogP contribution in [-0.2, 0) is 6.54 Å². The maximum absolute atomic E-state index is 11.9. The van der Waals surface area contributed by atoms with Gasteiger partial charge >= 0.3 is 0 Å². The lowest BCUT2D eigenvalue weighted by molar-refractivity contribution is -0.385. The van der Waals surface area contributed by atoms with Gasteiger partial charge < -0.3 is 4.57 Å². The predicted octanol–water partition coefficient (Wildman–Crippen LogP) is 2.62. The van der Waals surface area contributed by atoms with Crippen molar-refractivity contribution in [2.45, 2.75) is 6.54 Å². The molecule has 2 heterocycles. The zero-order valence-electron chi connectivity index (χ0n) is 9.42. The maximum atomic E-state index is 11.9. The zero-order valence-corrected chi connectivity index (χ0v) is 11.8. The van der Waals surface area contributed by atoms with Gasteiger partial charge in [-0.1, -0.05) is 17.7 Å². The fourth-order valence-electron chi connectivity index (χ4n) is 1.51. The summed E-state index contributed by atoms with van der Waals surface area (Å²) in [7, 11) is 0. The molecular weight excluding hydrogens is 337 g/mol. The molecule has 0 amide bonds. The molecule has 0 unspecified atom stereocenters. The molecule has 0 aliphatic carbocycles. The maximum Gasteiger partial charge on any atom is 0.286 e. The Balaban J connectivity index is 2.45. The van der Waals surface area contributed by atoms with Crippen molar-refractivity contribution in [3.63, 3.8) is 0 Å². The van der Waals surface area contributed by atoms with Crippen molar-refractivity contribution in [2.24, 2.45) is 0 Å². The summed E-state index contributed by atoms with van der Waals surface area (Å²) in [6.45, 7) is 0.111. The largest absolute Gasteiger partial charge is 0.302 e. The number of rotatable bonds is 3. The SMILES string of the molecule is O=c1c(Br)cc([N+](=O)[O-])cn1Cc1cccc(Cl)n1. The van der Waals surface area contributed by atoms with Crippen LogP contribution in [0.4, 0.5) is 5.69 Å².